The molecule has 1 heterocycles. The smallest absolute Gasteiger partial charge is 0.339 e. The van der Waals surface area contributed by atoms with Crippen LogP contribution in [0.1, 0.15) is 12.5 Å². The average Bonchev–Trinajstić information content (AvgIpc) is 3.03. The van der Waals surface area contributed by atoms with Gasteiger partial charge in [-0.1, -0.05) is 36.1 Å². The largest absolute Gasteiger partial charge is 0.497 e. The number of hydrogen-bond acceptors (Lipinski definition) is 8. The quantitative estimate of drug-likeness (QED) is 0.223. The van der Waals surface area contributed by atoms with Gasteiger partial charge in [-0.2, -0.15) is 8.42 Å². The van der Waals surface area contributed by atoms with Crippen molar-refractivity contribution in [1.29, 1.82) is 0 Å². The number of thiocarbonyl (C=S) groups is 1. The van der Waals surface area contributed by atoms with Crippen LogP contribution >= 0.6 is 24.0 Å². The Hall–Kier alpha value is -2.82. The minimum Gasteiger partial charge on any atom is -0.497 e. The van der Waals surface area contributed by atoms with E-state index < -0.39 is 10.1 Å². The summed E-state index contributed by atoms with van der Waals surface area (Å²) in [6.45, 7) is 6.04. The van der Waals surface area contributed by atoms with Crippen molar-refractivity contribution in [1.82, 2.24) is 4.90 Å². The predicted octanol–water partition coefficient (Wildman–Crippen LogP) is 4.25. The highest BCUT2D eigenvalue weighted by Crippen LogP contribution is 2.35. The van der Waals surface area contributed by atoms with Gasteiger partial charge in [0.2, 0.25) is 0 Å². The number of methoxy groups -OCH3 is 1. The molecule has 1 aliphatic rings. The number of amides is 1. The zero-order valence-corrected chi connectivity index (χ0v) is 19.9. The zero-order chi connectivity index (χ0) is 23.3. The van der Waals surface area contributed by atoms with Crippen LogP contribution in [-0.4, -0.2) is 43.8 Å². The van der Waals surface area contributed by atoms with E-state index in [4.69, 9.17) is 25.9 Å². The first kappa shape index (κ1) is 23.8. The van der Waals surface area contributed by atoms with Crippen LogP contribution in [0.15, 0.2) is 64.9 Å². The molecule has 1 fully saturated rings. The molecule has 0 spiro atoms. The Labute approximate surface area is 196 Å². The molecule has 7 nitrogen and oxygen atoms in total. The number of carbonyl (C=O) groups excluding carboxylic acids is 1. The normalized spacial score (nSPS) is 15.2. The van der Waals surface area contributed by atoms with E-state index in [1.54, 1.807) is 31.2 Å². The molecule has 0 radical (unpaired) electrons. The van der Waals surface area contributed by atoms with Crippen LogP contribution in [0.3, 0.4) is 0 Å². The van der Waals surface area contributed by atoms with Gasteiger partial charge in [0.1, 0.15) is 15.0 Å². The minimum atomic E-state index is -4.09. The van der Waals surface area contributed by atoms with Crippen LogP contribution in [0.25, 0.3) is 6.08 Å². The van der Waals surface area contributed by atoms with Crippen LogP contribution in [0.4, 0.5) is 0 Å². The Morgan fingerprint density at radius 3 is 2.50 bits per heavy atom. The third kappa shape index (κ3) is 5.32. The Morgan fingerprint density at radius 2 is 1.88 bits per heavy atom. The highest BCUT2D eigenvalue weighted by Gasteiger charge is 2.31. The Morgan fingerprint density at radius 1 is 1.16 bits per heavy atom. The molecule has 1 saturated heterocycles. The van der Waals surface area contributed by atoms with Crippen LogP contribution in [-0.2, 0) is 14.9 Å². The monoisotopic (exact) mass is 491 g/mol. The molecule has 0 atom stereocenters. The molecule has 10 heteroatoms. The molecule has 1 amide bonds. The second-order valence-corrected chi connectivity index (χ2v) is 9.66. The highest BCUT2D eigenvalue weighted by molar-refractivity contribution is 8.26. The van der Waals surface area contributed by atoms with Crippen LogP contribution in [0, 0.1) is 0 Å². The highest BCUT2D eigenvalue weighted by atomic mass is 32.2. The molecule has 168 valence electrons. The van der Waals surface area contributed by atoms with E-state index in [2.05, 4.69) is 6.58 Å². The van der Waals surface area contributed by atoms with Crippen LogP contribution in [0.2, 0.25) is 0 Å². The van der Waals surface area contributed by atoms with Gasteiger partial charge in [0.05, 0.1) is 18.6 Å². The van der Waals surface area contributed by atoms with Gasteiger partial charge in [-0.3, -0.25) is 9.69 Å². The summed E-state index contributed by atoms with van der Waals surface area (Å²) < 4.78 is 41.8. The number of benzene rings is 2. The van der Waals surface area contributed by atoms with E-state index in [9.17, 15) is 13.2 Å². The third-order valence-corrected chi connectivity index (χ3v) is 6.92. The fourth-order valence-corrected chi connectivity index (χ4v) is 5.01. The number of carbonyl (C=O) groups is 1. The molecule has 0 aliphatic carbocycles. The first-order chi connectivity index (χ1) is 15.3. The topological polar surface area (TPSA) is 82.1 Å². The third-order valence-electron chi connectivity index (χ3n) is 4.30. The van der Waals surface area contributed by atoms with Crippen molar-refractivity contribution in [2.45, 2.75) is 11.8 Å². The fourth-order valence-electron chi connectivity index (χ4n) is 2.80. The number of nitrogens with zero attached hydrogens (tertiary/aromatic N) is 1. The van der Waals surface area contributed by atoms with Gasteiger partial charge in [0, 0.05) is 6.54 Å². The second-order valence-electron chi connectivity index (χ2n) is 6.43. The van der Waals surface area contributed by atoms with E-state index in [-0.39, 0.29) is 22.3 Å². The summed E-state index contributed by atoms with van der Waals surface area (Å²) in [5, 5.41) is 0. The van der Waals surface area contributed by atoms with Crippen LogP contribution < -0.4 is 13.7 Å². The summed E-state index contributed by atoms with van der Waals surface area (Å²) in [6, 6.07) is 10.6. The van der Waals surface area contributed by atoms with E-state index in [0.717, 1.165) is 0 Å². The van der Waals surface area contributed by atoms with E-state index in [1.165, 1.54) is 54.1 Å². The molecule has 2 aromatic carbocycles. The lowest BCUT2D eigenvalue weighted by Gasteiger charge is -2.13. The number of thioether (sulfide) groups is 1. The van der Waals surface area contributed by atoms with Gasteiger partial charge in [-0.25, -0.2) is 0 Å². The number of rotatable bonds is 9. The summed E-state index contributed by atoms with van der Waals surface area (Å²) in [7, 11) is -2.59. The van der Waals surface area contributed by atoms with Crippen molar-refractivity contribution in [2.75, 3.05) is 20.3 Å². The van der Waals surface area contributed by atoms with E-state index in [0.29, 0.717) is 33.7 Å². The van der Waals surface area contributed by atoms with E-state index >= 15 is 0 Å². The van der Waals surface area contributed by atoms with Gasteiger partial charge in [-0.15, -0.1) is 6.58 Å². The Kier molecular flexibility index (Phi) is 7.60. The molecule has 32 heavy (non-hydrogen) atoms. The molecule has 0 saturated carbocycles. The predicted molar refractivity (Wildman–Crippen MR) is 128 cm³/mol. The van der Waals surface area contributed by atoms with Gasteiger partial charge in [0.25, 0.3) is 5.91 Å². The number of hydrogen-bond donors (Lipinski definition) is 0. The van der Waals surface area contributed by atoms with Gasteiger partial charge < -0.3 is 13.7 Å². The van der Waals surface area contributed by atoms with Gasteiger partial charge in [0.15, 0.2) is 11.5 Å². The summed E-state index contributed by atoms with van der Waals surface area (Å²) in [5.74, 6) is 0.598. The molecular formula is C22H21NO6S3. The van der Waals surface area contributed by atoms with E-state index in [1.807, 2.05) is 0 Å². The molecule has 0 aromatic heterocycles. The van der Waals surface area contributed by atoms with Crippen molar-refractivity contribution >= 4 is 50.4 Å². The lowest BCUT2D eigenvalue weighted by Crippen LogP contribution is -2.27. The molecule has 2 aromatic rings. The SMILES string of the molecule is C=CCN1C(=O)/C(=C/c2ccc(OS(=O)(=O)c3ccc(OC)cc3)c(OCC)c2)SC1=S. The summed E-state index contributed by atoms with van der Waals surface area (Å²) >= 11 is 6.44. The first-order valence-corrected chi connectivity index (χ1v) is 12.1. The maximum absolute atomic E-state index is 12.7. The van der Waals surface area contributed by atoms with Crippen LogP contribution in [0.5, 0.6) is 17.2 Å². The molecule has 0 unspecified atom stereocenters. The summed E-state index contributed by atoms with van der Waals surface area (Å²) in [4.78, 5) is 14.4. The Bertz CT molecular complexity index is 1170. The van der Waals surface area contributed by atoms with Crippen molar-refractivity contribution in [3.8, 4) is 17.2 Å². The van der Waals surface area contributed by atoms with Crippen molar-refractivity contribution < 1.29 is 26.9 Å². The molecular weight excluding hydrogens is 470 g/mol. The fraction of sp³-hybridized carbons (Fsp3) is 0.182. The molecule has 3 rings (SSSR count). The molecule has 0 N–H and O–H groups in total. The summed E-state index contributed by atoms with van der Waals surface area (Å²) in [6.07, 6.45) is 3.28. The maximum Gasteiger partial charge on any atom is 0.339 e. The zero-order valence-electron chi connectivity index (χ0n) is 17.4. The maximum atomic E-state index is 12.7. The molecule has 1 aliphatic heterocycles. The van der Waals surface area contributed by atoms with Gasteiger partial charge in [-0.05, 0) is 55.0 Å². The average molecular weight is 492 g/mol. The van der Waals surface area contributed by atoms with Crippen molar-refractivity contribution in [2.24, 2.45) is 0 Å². The molecule has 0 bridgehead atoms. The lowest BCUT2D eigenvalue weighted by molar-refractivity contribution is -0.121. The number of ether oxygens (including phenoxy) is 2. The minimum absolute atomic E-state index is 0.0179. The van der Waals surface area contributed by atoms with Crippen molar-refractivity contribution in [3.63, 3.8) is 0 Å². The van der Waals surface area contributed by atoms with Crippen molar-refractivity contribution in [3.05, 3.63) is 65.6 Å². The second kappa shape index (κ2) is 10.2. The standard InChI is InChI=1S/C22H21NO6S3/c1-4-12-23-21(24)20(31-22(23)30)14-15-6-11-18(19(13-15)28-5-2)29-32(25,26)17-9-7-16(27-3)8-10-17/h4,6-11,13-14H,1,5,12H2,2-3H3/b20-14-. The first-order valence-electron chi connectivity index (χ1n) is 9.50. The lowest BCUT2D eigenvalue weighted by atomic mass is 10.2. The van der Waals surface area contributed by atoms with Gasteiger partial charge >= 0.3 is 10.1 Å². The Balaban J connectivity index is 1.88. The summed E-state index contributed by atoms with van der Waals surface area (Å²) in [5.41, 5.74) is 0.641.